The number of carbonyl (C=O) groups is 2. The Morgan fingerprint density at radius 2 is 1.76 bits per heavy atom. The van der Waals surface area contributed by atoms with E-state index >= 15 is 0 Å². The van der Waals surface area contributed by atoms with Crippen LogP contribution in [0.25, 0.3) is 11.1 Å². The summed E-state index contributed by atoms with van der Waals surface area (Å²) in [5.41, 5.74) is 3.89. The van der Waals surface area contributed by atoms with Crippen LogP contribution < -0.4 is 15.0 Å². The third-order valence-corrected chi connectivity index (χ3v) is 8.99. The maximum atomic E-state index is 13.8. The molecule has 1 atom stereocenters. The molecular weight excluding hydrogens is 547 g/mol. The number of alkyl halides is 3. The first kappa shape index (κ1) is 28.6. The van der Waals surface area contributed by atoms with Crippen molar-refractivity contribution in [2.45, 2.75) is 50.7 Å². The number of hydrogen-bond donors (Lipinski definition) is 1. The largest absolute Gasteiger partial charge is 0.489 e. The second-order valence-corrected chi connectivity index (χ2v) is 11.6. The van der Waals surface area contributed by atoms with E-state index in [9.17, 15) is 22.8 Å². The molecule has 2 aromatic carbocycles. The van der Waals surface area contributed by atoms with E-state index < -0.39 is 11.7 Å². The van der Waals surface area contributed by atoms with Gasteiger partial charge in [0.25, 0.3) is 5.91 Å². The Hall–Kier alpha value is -3.53. The van der Waals surface area contributed by atoms with Gasteiger partial charge in [0, 0.05) is 38.5 Å². The van der Waals surface area contributed by atoms with Crippen LogP contribution in [0.4, 0.5) is 18.9 Å². The number of halogens is 3. The monoisotopic (exact) mass is 583 g/mol. The van der Waals surface area contributed by atoms with Crippen LogP contribution in [0, 0.1) is 5.92 Å². The predicted octanol–water partition coefficient (Wildman–Crippen LogP) is 5.44. The number of benzene rings is 2. The van der Waals surface area contributed by atoms with Gasteiger partial charge in [0.2, 0.25) is 0 Å². The number of hydrogen-bond acceptors (Lipinski definition) is 6. The minimum absolute atomic E-state index is 0.0981. The fourth-order valence-electron chi connectivity index (χ4n) is 6.79. The van der Waals surface area contributed by atoms with E-state index in [1.54, 1.807) is 6.07 Å². The summed E-state index contributed by atoms with van der Waals surface area (Å²) < 4.78 is 51.4. The lowest BCUT2D eigenvalue weighted by molar-refractivity contribution is -0.137. The molecule has 0 spiro atoms. The van der Waals surface area contributed by atoms with Crippen molar-refractivity contribution < 1.29 is 32.2 Å². The lowest BCUT2D eigenvalue weighted by atomic mass is 9.81. The van der Waals surface area contributed by atoms with E-state index in [4.69, 9.17) is 9.47 Å². The van der Waals surface area contributed by atoms with Gasteiger partial charge in [-0.3, -0.25) is 9.59 Å². The van der Waals surface area contributed by atoms with Crippen molar-refractivity contribution in [3.8, 4) is 16.9 Å². The smallest absolute Gasteiger partial charge is 0.416 e. The average Bonchev–Trinajstić information content (AvgIpc) is 3.00. The van der Waals surface area contributed by atoms with E-state index in [1.807, 2.05) is 18.0 Å². The molecule has 4 aliphatic rings. The predicted molar refractivity (Wildman–Crippen MR) is 153 cm³/mol. The molecule has 10 heteroatoms. The number of nitrogens with zero attached hydrogens (tertiary/aromatic N) is 2. The SMILES string of the molecule is CN1CC(=O)C(CNC(=O)c2cc(-c3ccc(C(F)(F)F)cc3)cc3c2OCCN3C2CCOCC2)C2=C1CCCC2. The maximum Gasteiger partial charge on any atom is 0.416 e. The van der Waals surface area contributed by atoms with Crippen molar-refractivity contribution in [3.05, 3.63) is 58.8 Å². The van der Waals surface area contributed by atoms with Crippen molar-refractivity contribution in [3.63, 3.8) is 0 Å². The lowest BCUT2D eigenvalue weighted by Crippen LogP contribution is -2.45. The molecule has 2 aromatic rings. The highest BCUT2D eigenvalue weighted by atomic mass is 19.4. The van der Waals surface area contributed by atoms with Crippen LogP contribution in [0.5, 0.6) is 5.75 Å². The molecular formula is C32H36F3N3O4. The number of carbonyl (C=O) groups excluding carboxylic acids is 2. The molecule has 0 radical (unpaired) electrons. The summed E-state index contributed by atoms with van der Waals surface area (Å²) in [6.07, 6.45) is 1.16. The Morgan fingerprint density at radius 1 is 1.02 bits per heavy atom. The highest BCUT2D eigenvalue weighted by Gasteiger charge is 2.35. The van der Waals surface area contributed by atoms with Gasteiger partial charge in [0.1, 0.15) is 6.61 Å². The first-order chi connectivity index (χ1) is 20.2. The number of nitrogens with one attached hydrogen (secondary N) is 1. The van der Waals surface area contributed by atoms with E-state index in [0.717, 1.165) is 61.9 Å². The minimum Gasteiger partial charge on any atom is -0.489 e. The number of Topliss-reactive ketones (excluding diaryl/α,β-unsaturated/α-hetero) is 1. The Labute approximate surface area is 243 Å². The van der Waals surface area contributed by atoms with Crippen molar-refractivity contribution in [2.24, 2.45) is 5.92 Å². The molecule has 1 fully saturated rings. The van der Waals surface area contributed by atoms with Crippen LogP contribution in [-0.2, 0) is 15.7 Å². The van der Waals surface area contributed by atoms with Gasteiger partial charge in [-0.2, -0.15) is 13.2 Å². The molecule has 42 heavy (non-hydrogen) atoms. The molecule has 3 heterocycles. The quantitative estimate of drug-likeness (QED) is 0.506. The van der Waals surface area contributed by atoms with Gasteiger partial charge in [-0.25, -0.2) is 0 Å². The summed E-state index contributed by atoms with van der Waals surface area (Å²) >= 11 is 0. The maximum absolute atomic E-state index is 13.8. The van der Waals surface area contributed by atoms with Crippen LogP contribution in [0.15, 0.2) is 47.7 Å². The molecule has 1 amide bonds. The van der Waals surface area contributed by atoms with Gasteiger partial charge in [0.05, 0.1) is 35.8 Å². The minimum atomic E-state index is -4.44. The van der Waals surface area contributed by atoms with Crippen molar-refractivity contribution in [1.29, 1.82) is 0 Å². The molecule has 7 nitrogen and oxygen atoms in total. The van der Waals surface area contributed by atoms with Gasteiger partial charge in [-0.15, -0.1) is 0 Å². The van der Waals surface area contributed by atoms with E-state index in [0.29, 0.717) is 55.4 Å². The van der Waals surface area contributed by atoms with Crippen LogP contribution in [-0.4, -0.2) is 69.1 Å². The van der Waals surface area contributed by atoms with Gasteiger partial charge >= 0.3 is 6.18 Å². The Kier molecular flexibility index (Phi) is 7.91. The fraction of sp³-hybridized carbons (Fsp3) is 0.500. The van der Waals surface area contributed by atoms with Gasteiger partial charge < -0.3 is 24.6 Å². The van der Waals surface area contributed by atoms with Crippen LogP contribution in [0.3, 0.4) is 0 Å². The zero-order chi connectivity index (χ0) is 29.4. The summed E-state index contributed by atoms with van der Waals surface area (Å²) in [5, 5.41) is 3.02. The highest BCUT2D eigenvalue weighted by molar-refractivity contribution is 6.01. The zero-order valence-electron chi connectivity index (χ0n) is 23.8. The first-order valence-corrected chi connectivity index (χ1v) is 14.8. The summed E-state index contributed by atoms with van der Waals surface area (Å²) in [6.45, 7) is 2.87. The van der Waals surface area contributed by atoms with Gasteiger partial charge in [-0.1, -0.05) is 12.1 Å². The number of fused-ring (bicyclic) bond motifs is 1. The molecule has 1 aliphatic carbocycles. The number of amides is 1. The first-order valence-electron chi connectivity index (χ1n) is 14.8. The van der Waals surface area contributed by atoms with Gasteiger partial charge in [-0.05, 0) is 79.5 Å². The number of rotatable bonds is 5. The molecule has 0 aromatic heterocycles. The number of ketones is 1. The molecule has 1 saturated heterocycles. The van der Waals surface area contributed by atoms with Crippen LogP contribution in [0.2, 0.25) is 0 Å². The van der Waals surface area contributed by atoms with Crippen LogP contribution >= 0.6 is 0 Å². The zero-order valence-corrected chi connectivity index (χ0v) is 23.8. The Bertz CT molecular complexity index is 1380. The number of allylic oxidation sites excluding steroid dienone is 1. The van der Waals surface area contributed by atoms with E-state index in [-0.39, 0.29) is 30.2 Å². The molecule has 1 unspecified atom stereocenters. The van der Waals surface area contributed by atoms with E-state index in [2.05, 4.69) is 10.2 Å². The lowest BCUT2D eigenvalue weighted by Gasteiger charge is -2.40. The normalized spacial score (nSPS) is 21.5. The summed E-state index contributed by atoms with van der Waals surface area (Å²) in [6, 6.07) is 8.78. The molecule has 224 valence electrons. The van der Waals surface area contributed by atoms with E-state index in [1.165, 1.54) is 17.8 Å². The molecule has 6 rings (SSSR count). The second-order valence-electron chi connectivity index (χ2n) is 11.6. The van der Waals surface area contributed by atoms with Crippen LogP contribution in [0.1, 0.15) is 54.4 Å². The third kappa shape index (κ3) is 5.61. The number of ether oxygens (including phenoxy) is 2. The fourth-order valence-corrected chi connectivity index (χ4v) is 6.79. The summed E-state index contributed by atoms with van der Waals surface area (Å²) in [7, 11) is 1.95. The summed E-state index contributed by atoms with van der Waals surface area (Å²) in [5.74, 6) is -0.151. The van der Waals surface area contributed by atoms with Crippen molar-refractivity contribution >= 4 is 17.4 Å². The summed E-state index contributed by atoms with van der Waals surface area (Å²) in [4.78, 5) is 31.2. The third-order valence-electron chi connectivity index (χ3n) is 8.99. The van der Waals surface area contributed by atoms with Crippen molar-refractivity contribution in [1.82, 2.24) is 10.2 Å². The number of likely N-dealkylation sites (N-methyl/N-ethyl adjacent to an activating group) is 1. The molecule has 3 aliphatic heterocycles. The van der Waals surface area contributed by atoms with Crippen molar-refractivity contribution in [2.75, 3.05) is 51.4 Å². The Morgan fingerprint density at radius 3 is 2.50 bits per heavy atom. The molecule has 0 saturated carbocycles. The molecule has 1 N–H and O–H groups in total. The standard InChI is InChI=1S/C32H36F3N3O4/c1-37-19-29(39)26(24-4-2-3-5-27(24)37)18-36-31(40)25-16-21(20-6-8-22(9-7-20)32(33,34)35)17-28-30(25)42-15-12-38(28)23-10-13-41-14-11-23/h6-9,16-17,23,26H,2-5,10-15,18-19H2,1H3,(H,36,40). The van der Waals surface area contributed by atoms with Gasteiger partial charge in [0.15, 0.2) is 11.5 Å². The number of anilines is 1. The Balaban J connectivity index is 1.34. The second kappa shape index (κ2) is 11.6. The molecule has 0 bridgehead atoms. The highest BCUT2D eigenvalue weighted by Crippen LogP contribution is 2.42. The average molecular weight is 584 g/mol. The topological polar surface area (TPSA) is 71.1 Å².